The zero-order valence-corrected chi connectivity index (χ0v) is 15.0. The monoisotopic (exact) mass is 366 g/mol. The Morgan fingerprint density at radius 3 is 2.65 bits per heavy atom. The van der Waals surface area contributed by atoms with Gasteiger partial charge in [0.05, 0.1) is 13.2 Å². The van der Waals surface area contributed by atoms with E-state index in [1.807, 2.05) is 0 Å². The predicted octanol–water partition coefficient (Wildman–Crippen LogP) is 1.31. The summed E-state index contributed by atoms with van der Waals surface area (Å²) in [5, 5.41) is 40.2. The lowest BCUT2D eigenvalue weighted by Gasteiger charge is -2.22. The number of cyclic esters (lactones) is 1. The average molecular weight is 366 g/mol. The molecular formula is C19H26O7. The minimum Gasteiger partial charge on any atom is -0.507 e. The van der Waals surface area contributed by atoms with Gasteiger partial charge in [-0.15, -0.1) is 0 Å². The first kappa shape index (κ1) is 20.2. The molecule has 7 heteroatoms. The Bertz CT molecular complexity index is 656. The number of methoxy groups -OCH3 is 1. The molecule has 0 aromatic heterocycles. The number of hydrogen-bond donors (Lipinski definition) is 4. The van der Waals surface area contributed by atoms with Crippen LogP contribution in [0, 0.1) is 0 Å². The number of carbonyl (C=O) groups is 1. The summed E-state index contributed by atoms with van der Waals surface area (Å²) in [5.41, 5.74) is 0.614. The molecule has 0 radical (unpaired) electrons. The van der Waals surface area contributed by atoms with E-state index < -0.39 is 30.4 Å². The first-order valence-electron chi connectivity index (χ1n) is 8.65. The fourth-order valence-electron chi connectivity index (χ4n) is 2.92. The third kappa shape index (κ3) is 4.97. The van der Waals surface area contributed by atoms with Gasteiger partial charge in [-0.3, -0.25) is 0 Å². The molecule has 1 aromatic carbocycles. The number of hydrogen-bond acceptors (Lipinski definition) is 7. The molecule has 144 valence electrons. The van der Waals surface area contributed by atoms with E-state index in [1.165, 1.54) is 19.3 Å². The number of ether oxygens (including phenoxy) is 2. The van der Waals surface area contributed by atoms with Gasteiger partial charge in [-0.25, -0.2) is 4.79 Å². The number of aryl methyl sites for hydroxylation is 1. The summed E-state index contributed by atoms with van der Waals surface area (Å²) in [7, 11) is 1.46. The number of phenolic OH excluding ortho intramolecular Hbond substituents is 1. The summed E-state index contributed by atoms with van der Waals surface area (Å²) < 4.78 is 10.5. The molecule has 0 spiro atoms. The topological polar surface area (TPSA) is 116 Å². The Balaban J connectivity index is 2.35. The number of rotatable bonds is 1. The smallest absolute Gasteiger partial charge is 0.342 e. The van der Waals surface area contributed by atoms with Gasteiger partial charge in [0.1, 0.15) is 35.4 Å². The second-order valence-electron chi connectivity index (χ2n) is 6.50. The van der Waals surface area contributed by atoms with Crippen LogP contribution in [0.2, 0.25) is 0 Å². The third-order valence-electron chi connectivity index (χ3n) is 4.41. The number of aliphatic hydroxyl groups is 3. The molecule has 4 atom stereocenters. The molecule has 7 nitrogen and oxygen atoms in total. The van der Waals surface area contributed by atoms with Gasteiger partial charge in [0.15, 0.2) is 0 Å². The first-order valence-corrected chi connectivity index (χ1v) is 8.65. The lowest BCUT2D eigenvalue weighted by molar-refractivity contribution is -0.0447. The van der Waals surface area contributed by atoms with Crippen molar-refractivity contribution in [3.05, 3.63) is 35.4 Å². The van der Waals surface area contributed by atoms with Crippen molar-refractivity contribution in [2.45, 2.75) is 57.0 Å². The highest BCUT2D eigenvalue weighted by Crippen LogP contribution is 2.30. The number of carbonyl (C=O) groups excluding carboxylic acids is 1. The average Bonchev–Trinajstić information content (AvgIpc) is 2.59. The van der Waals surface area contributed by atoms with E-state index in [4.69, 9.17) is 9.47 Å². The van der Waals surface area contributed by atoms with Crippen LogP contribution in [0.25, 0.3) is 0 Å². The first-order chi connectivity index (χ1) is 12.3. The van der Waals surface area contributed by atoms with Crippen molar-refractivity contribution in [1.29, 1.82) is 0 Å². The molecule has 0 saturated carbocycles. The third-order valence-corrected chi connectivity index (χ3v) is 4.41. The Kier molecular flexibility index (Phi) is 7.02. The zero-order chi connectivity index (χ0) is 19.3. The standard InChI is InChI=1S/C19H26O7/c1-11-5-3-7-14(20)18(23)15(21)8-4-6-12-9-13(25-2)10-16(22)17(12)19(24)26-11/h3,7,9-11,14-15,18,20-23H,4-6,8H2,1-2H3/b7-3-/t11?,14?,15-,18?/m0/s1. The van der Waals surface area contributed by atoms with Crippen molar-refractivity contribution < 1.29 is 34.7 Å². The van der Waals surface area contributed by atoms with Crippen molar-refractivity contribution >= 4 is 5.97 Å². The number of esters is 1. The highest BCUT2D eigenvalue weighted by molar-refractivity contribution is 5.94. The van der Waals surface area contributed by atoms with Crippen molar-refractivity contribution in [3.8, 4) is 11.5 Å². The number of phenols is 1. The maximum absolute atomic E-state index is 12.5. The zero-order valence-electron chi connectivity index (χ0n) is 15.0. The van der Waals surface area contributed by atoms with Gasteiger partial charge in [-0.2, -0.15) is 0 Å². The van der Waals surface area contributed by atoms with E-state index in [-0.39, 0.29) is 17.7 Å². The largest absolute Gasteiger partial charge is 0.507 e. The van der Waals surface area contributed by atoms with Crippen LogP contribution in [0.15, 0.2) is 24.3 Å². The molecule has 1 aliphatic heterocycles. The van der Waals surface area contributed by atoms with Crippen LogP contribution in [0.4, 0.5) is 0 Å². The van der Waals surface area contributed by atoms with E-state index >= 15 is 0 Å². The molecule has 0 saturated heterocycles. The molecule has 0 bridgehead atoms. The van der Waals surface area contributed by atoms with Crippen molar-refractivity contribution in [1.82, 2.24) is 0 Å². The van der Waals surface area contributed by atoms with Gasteiger partial charge in [0.25, 0.3) is 0 Å². The van der Waals surface area contributed by atoms with Crippen LogP contribution < -0.4 is 4.74 Å². The van der Waals surface area contributed by atoms with E-state index in [1.54, 1.807) is 19.1 Å². The lowest BCUT2D eigenvalue weighted by Crippen LogP contribution is -2.36. The maximum atomic E-state index is 12.5. The molecule has 1 heterocycles. The molecule has 0 fully saturated rings. The minimum atomic E-state index is -1.30. The van der Waals surface area contributed by atoms with Crippen LogP contribution in [-0.2, 0) is 11.2 Å². The van der Waals surface area contributed by atoms with Crippen LogP contribution in [-0.4, -0.2) is 57.9 Å². The van der Waals surface area contributed by atoms with E-state index in [2.05, 4.69) is 0 Å². The van der Waals surface area contributed by atoms with Crippen LogP contribution in [0.5, 0.6) is 11.5 Å². The fraction of sp³-hybridized carbons (Fsp3) is 0.526. The van der Waals surface area contributed by atoms with E-state index in [0.29, 0.717) is 30.6 Å². The molecule has 4 N–H and O–H groups in total. The van der Waals surface area contributed by atoms with E-state index in [0.717, 1.165) is 0 Å². The maximum Gasteiger partial charge on any atom is 0.342 e. The van der Waals surface area contributed by atoms with Gasteiger partial charge in [0, 0.05) is 12.5 Å². The number of aromatic hydroxyl groups is 1. The van der Waals surface area contributed by atoms with Crippen LogP contribution in [0.3, 0.4) is 0 Å². The second-order valence-corrected chi connectivity index (χ2v) is 6.50. The second kappa shape index (κ2) is 9.02. The summed E-state index contributed by atoms with van der Waals surface area (Å²) >= 11 is 0. The quantitative estimate of drug-likeness (QED) is 0.437. The molecule has 0 amide bonds. The van der Waals surface area contributed by atoms with Crippen molar-refractivity contribution in [3.63, 3.8) is 0 Å². The number of aliphatic hydroxyl groups excluding tert-OH is 3. The molecule has 1 aliphatic rings. The van der Waals surface area contributed by atoms with Crippen LogP contribution >= 0.6 is 0 Å². The minimum absolute atomic E-state index is 0.0776. The molecular weight excluding hydrogens is 340 g/mol. The molecule has 0 aliphatic carbocycles. The molecule has 3 unspecified atom stereocenters. The van der Waals surface area contributed by atoms with Gasteiger partial charge in [0.2, 0.25) is 0 Å². The van der Waals surface area contributed by atoms with E-state index in [9.17, 15) is 25.2 Å². The SMILES string of the molecule is COc1cc(O)c2c(c1)CCC[C@H](O)C(O)C(O)/C=C\CC(C)OC2=O. The Morgan fingerprint density at radius 2 is 1.96 bits per heavy atom. The summed E-state index contributed by atoms with van der Waals surface area (Å²) in [6.45, 7) is 1.69. The van der Waals surface area contributed by atoms with Gasteiger partial charge >= 0.3 is 5.97 Å². The highest BCUT2D eigenvalue weighted by Gasteiger charge is 2.25. The molecule has 2 rings (SSSR count). The van der Waals surface area contributed by atoms with Crippen molar-refractivity contribution in [2.75, 3.05) is 7.11 Å². The van der Waals surface area contributed by atoms with Crippen LogP contribution in [0.1, 0.15) is 42.1 Å². The predicted molar refractivity (Wildman–Crippen MR) is 94.3 cm³/mol. The van der Waals surface area contributed by atoms with Crippen molar-refractivity contribution in [2.24, 2.45) is 0 Å². The fourth-order valence-corrected chi connectivity index (χ4v) is 2.92. The summed E-state index contributed by atoms with van der Waals surface area (Å²) in [6, 6.07) is 2.99. The Labute approximate surface area is 152 Å². The van der Waals surface area contributed by atoms with Gasteiger partial charge < -0.3 is 29.9 Å². The summed E-state index contributed by atoms with van der Waals surface area (Å²) in [6.07, 6.45) is 0.176. The van der Waals surface area contributed by atoms with Gasteiger partial charge in [-0.05, 0) is 37.8 Å². The summed E-state index contributed by atoms with van der Waals surface area (Å²) in [4.78, 5) is 12.5. The highest BCUT2D eigenvalue weighted by atomic mass is 16.5. The molecule has 1 aromatic rings. The lowest BCUT2D eigenvalue weighted by atomic mass is 9.96. The van der Waals surface area contributed by atoms with Gasteiger partial charge in [-0.1, -0.05) is 12.2 Å². The number of benzene rings is 1. The molecule has 26 heavy (non-hydrogen) atoms. The Morgan fingerprint density at radius 1 is 1.23 bits per heavy atom. The summed E-state index contributed by atoms with van der Waals surface area (Å²) in [5.74, 6) is -0.461. The normalized spacial score (nSPS) is 29.2. The number of fused-ring (bicyclic) bond motifs is 1. The Hall–Kier alpha value is -2.09.